The molecule has 59 heavy (non-hydrogen) atoms. The Morgan fingerprint density at radius 2 is 0.966 bits per heavy atom. The zero-order valence-electron chi connectivity index (χ0n) is 38.0. The number of phosphoric acid groups is 1. The predicted molar refractivity (Wildman–Crippen MR) is 247 cm³/mol. The van der Waals surface area contributed by atoms with Gasteiger partial charge in [0.05, 0.1) is 27.7 Å². The van der Waals surface area contributed by atoms with E-state index < -0.39 is 26.5 Å². The molecule has 0 aromatic rings. The number of likely N-dealkylation sites (N-methyl/N-ethyl adjacent to an activating group) is 1. The van der Waals surface area contributed by atoms with E-state index in [4.69, 9.17) is 18.5 Å². The van der Waals surface area contributed by atoms with Gasteiger partial charge in [-0.25, -0.2) is 4.57 Å². The summed E-state index contributed by atoms with van der Waals surface area (Å²) in [6.07, 6.45) is 52.1. The van der Waals surface area contributed by atoms with Gasteiger partial charge in [-0.1, -0.05) is 150 Å². The van der Waals surface area contributed by atoms with E-state index in [1.807, 2.05) is 21.1 Å². The van der Waals surface area contributed by atoms with E-state index in [2.05, 4.69) is 98.9 Å². The summed E-state index contributed by atoms with van der Waals surface area (Å²) in [6.45, 7) is 4.19. The van der Waals surface area contributed by atoms with Crippen LogP contribution in [0.1, 0.15) is 162 Å². The molecular formula is C49H85NO8P+. The number of hydrogen-bond acceptors (Lipinski definition) is 7. The van der Waals surface area contributed by atoms with E-state index in [1.165, 1.54) is 6.42 Å². The largest absolute Gasteiger partial charge is 0.472 e. The maximum absolute atomic E-state index is 12.7. The fraction of sp³-hybridized carbons (Fsp3) is 0.673. The minimum Gasteiger partial charge on any atom is -0.462 e. The van der Waals surface area contributed by atoms with Crippen molar-refractivity contribution in [2.45, 2.75) is 168 Å². The van der Waals surface area contributed by atoms with E-state index in [9.17, 15) is 19.0 Å². The van der Waals surface area contributed by atoms with Crippen molar-refractivity contribution in [2.24, 2.45) is 0 Å². The minimum atomic E-state index is -4.38. The number of carbonyl (C=O) groups excluding carboxylic acids is 2. The lowest BCUT2D eigenvalue weighted by atomic mass is 10.1. The summed E-state index contributed by atoms with van der Waals surface area (Å²) < 4.78 is 34.2. The third-order valence-electron chi connectivity index (χ3n) is 9.14. The topological polar surface area (TPSA) is 108 Å². The van der Waals surface area contributed by atoms with E-state index in [0.717, 1.165) is 122 Å². The first-order valence-corrected chi connectivity index (χ1v) is 24.3. The summed E-state index contributed by atoms with van der Waals surface area (Å²) in [5.74, 6) is -0.837. The predicted octanol–water partition coefficient (Wildman–Crippen LogP) is 13.2. The van der Waals surface area contributed by atoms with Gasteiger partial charge in [0.25, 0.3) is 0 Å². The van der Waals surface area contributed by atoms with Crippen LogP contribution < -0.4 is 0 Å². The van der Waals surface area contributed by atoms with Gasteiger partial charge < -0.3 is 18.9 Å². The summed E-state index contributed by atoms with van der Waals surface area (Å²) in [4.78, 5) is 35.3. The SMILES string of the molecule is CC/C=C\C/C=C\C/C=C\C/C=C\C/C=C\C/C=C\CCCCCCCCC(=O)OC(COC(=O)CCCCCCC/C=C\CCC)COP(=O)(O)OCC[N+](C)(C)C. The molecule has 0 aliphatic carbocycles. The second-order valence-electron chi connectivity index (χ2n) is 16.0. The molecule has 1 N–H and O–H groups in total. The molecule has 0 aromatic heterocycles. The Kier molecular flexibility index (Phi) is 38.7. The van der Waals surface area contributed by atoms with Crippen LogP contribution in [0.25, 0.3) is 0 Å². The molecule has 2 unspecified atom stereocenters. The molecule has 9 nitrogen and oxygen atoms in total. The summed E-state index contributed by atoms with van der Waals surface area (Å²) in [5, 5.41) is 0. The van der Waals surface area contributed by atoms with Gasteiger partial charge in [-0.05, 0) is 83.5 Å². The van der Waals surface area contributed by atoms with Crippen molar-refractivity contribution in [1.82, 2.24) is 0 Å². The smallest absolute Gasteiger partial charge is 0.462 e. The molecule has 0 saturated carbocycles. The van der Waals surface area contributed by atoms with Crippen molar-refractivity contribution in [2.75, 3.05) is 47.5 Å². The van der Waals surface area contributed by atoms with Crippen molar-refractivity contribution in [1.29, 1.82) is 0 Å². The fourth-order valence-electron chi connectivity index (χ4n) is 5.61. The Labute approximate surface area is 361 Å². The van der Waals surface area contributed by atoms with E-state index >= 15 is 0 Å². The Bertz CT molecular complexity index is 1280. The zero-order chi connectivity index (χ0) is 43.6. The van der Waals surface area contributed by atoms with Gasteiger partial charge in [0, 0.05) is 12.8 Å². The van der Waals surface area contributed by atoms with E-state index in [1.54, 1.807) is 0 Å². The number of phosphoric ester groups is 1. The summed E-state index contributed by atoms with van der Waals surface area (Å²) in [5.41, 5.74) is 0. The van der Waals surface area contributed by atoms with E-state index in [0.29, 0.717) is 17.4 Å². The fourth-order valence-corrected chi connectivity index (χ4v) is 6.35. The van der Waals surface area contributed by atoms with Gasteiger partial charge >= 0.3 is 19.8 Å². The van der Waals surface area contributed by atoms with Crippen molar-refractivity contribution < 1.29 is 42.1 Å². The molecule has 0 aliphatic heterocycles. The van der Waals surface area contributed by atoms with Crippen LogP contribution in [0.2, 0.25) is 0 Å². The normalized spacial score (nSPS) is 14.3. The first-order chi connectivity index (χ1) is 28.5. The molecule has 0 saturated heterocycles. The number of carbonyl (C=O) groups is 2. The molecule has 2 atom stereocenters. The average Bonchev–Trinajstić information content (AvgIpc) is 3.19. The molecule has 0 radical (unpaired) electrons. The molecule has 0 aromatic carbocycles. The van der Waals surface area contributed by atoms with Gasteiger partial charge in [0.1, 0.15) is 19.8 Å². The van der Waals surface area contributed by atoms with Crippen LogP contribution >= 0.6 is 7.82 Å². The van der Waals surface area contributed by atoms with Crippen LogP contribution in [0, 0.1) is 0 Å². The highest BCUT2D eigenvalue weighted by atomic mass is 31.2. The maximum atomic E-state index is 12.7. The van der Waals surface area contributed by atoms with Crippen LogP contribution in [0.15, 0.2) is 85.1 Å². The lowest BCUT2D eigenvalue weighted by Gasteiger charge is -2.24. The lowest BCUT2D eigenvalue weighted by Crippen LogP contribution is -2.37. The molecular weight excluding hydrogens is 762 g/mol. The average molecular weight is 847 g/mol. The van der Waals surface area contributed by atoms with Crippen molar-refractivity contribution in [3.05, 3.63) is 85.1 Å². The molecule has 0 bridgehead atoms. The molecule has 338 valence electrons. The van der Waals surface area contributed by atoms with Crippen LogP contribution in [0.5, 0.6) is 0 Å². The van der Waals surface area contributed by atoms with Crippen LogP contribution in [-0.4, -0.2) is 74.9 Å². The molecule has 10 heteroatoms. The Balaban J connectivity index is 4.31. The van der Waals surface area contributed by atoms with Gasteiger partial charge in [0.15, 0.2) is 6.10 Å². The zero-order valence-corrected chi connectivity index (χ0v) is 38.8. The van der Waals surface area contributed by atoms with Crippen molar-refractivity contribution >= 4 is 19.8 Å². The Hall–Kier alpha value is -2.81. The van der Waals surface area contributed by atoms with Crippen molar-refractivity contribution in [3.63, 3.8) is 0 Å². The number of hydrogen-bond donors (Lipinski definition) is 1. The Morgan fingerprint density at radius 1 is 0.542 bits per heavy atom. The number of rotatable bonds is 40. The van der Waals surface area contributed by atoms with Gasteiger partial charge in [-0.2, -0.15) is 0 Å². The summed E-state index contributed by atoms with van der Waals surface area (Å²) in [6, 6.07) is 0. The first kappa shape index (κ1) is 56.2. The second kappa shape index (κ2) is 40.6. The highest BCUT2D eigenvalue weighted by Gasteiger charge is 2.27. The van der Waals surface area contributed by atoms with Crippen LogP contribution in [0.4, 0.5) is 0 Å². The minimum absolute atomic E-state index is 0.0226. The highest BCUT2D eigenvalue weighted by Crippen LogP contribution is 2.43. The lowest BCUT2D eigenvalue weighted by molar-refractivity contribution is -0.870. The van der Waals surface area contributed by atoms with Crippen LogP contribution in [-0.2, 0) is 32.7 Å². The summed E-state index contributed by atoms with van der Waals surface area (Å²) >= 11 is 0. The number of ether oxygens (including phenoxy) is 2. The standard InChI is InChI=1S/C49H84NO8P/c1-6-8-10-12-14-16-18-19-20-21-22-23-24-25-26-27-28-29-30-31-32-34-36-38-40-42-49(52)58-47(46-57-59(53,54)56-44-43-50(3,4)5)45-55-48(51)41-39-37-35-33-17-15-13-11-9-7-2/h8,10-11,13-14,16,19-20,22-23,25-26,28-29,47H,6-7,9,12,15,17-18,21,24,27,30-46H2,1-5H3/p+1/b10-8-,13-11-,16-14-,20-19-,23-22-,26-25-,29-28-. The van der Waals surface area contributed by atoms with Gasteiger partial charge in [-0.3, -0.25) is 18.6 Å². The highest BCUT2D eigenvalue weighted by molar-refractivity contribution is 7.47. The Morgan fingerprint density at radius 3 is 1.46 bits per heavy atom. The molecule has 0 aliphatic rings. The number of esters is 2. The third-order valence-corrected chi connectivity index (χ3v) is 10.1. The molecule has 0 fully saturated rings. The molecule has 0 spiro atoms. The quantitative estimate of drug-likeness (QED) is 0.0214. The number of unbranched alkanes of at least 4 members (excludes halogenated alkanes) is 12. The molecule has 0 heterocycles. The second-order valence-corrected chi connectivity index (χ2v) is 17.5. The monoisotopic (exact) mass is 847 g/mol. The maximum Gasteiger partial charge on any atom is 0.472 e. The molecule has 0 rings (SSSR count). The van der Waals surface area contributed by atoms with Gasteiger partial charge in [-0.15, -0.1) is 0 Å². The summed E-state index contributed by atoms with van der Waals surface area (Å²) in [7, 11) is 1.44. The first-order valence-electron chi connectivity index (χ1n) is 22.8. The number of allylic oxidation sites excluding steroid dienone is 14. The van der Waals surface area contributed by atoms with Crippen LogP contribution in [0.3, 0.4) is 0 Å². The number of quaternary nitrogens is 1. The molecule has 0 amide bonds. The third kappa shape index (κ3) is 44.6. The number of nitrogens with zero attached hydrogens (tertiary/aromatic N) is 1. The van der Waals surface area contributed by atoms with E-state index in [-0.39, 0.29) is 32.0 Å². The van der Waals surface area contributed by atoms with Crippen molar-refractivity contribution in [3.8, 4) is 0 Å². The van der Waals surface area contributed by atoms with Gasteiger partial charge in [0.2, 0.25) is 0 Å².